The second-order valence-corrected chi connectivity index (χ2v) is 7.48. The number of carbonyl (C=O) groups is 1. The molecule has 0 aliphatic carbocycles. The van der Waals surface area contributed by atoms with Gasteiger partial charge in [-0.15, -0.1) is 0 Å². The molecule has 1 unspecified atom stereocenters. The van der Waals surface area contributed by atoms with Gasteiger partial charge in [-0.25, -0.2) is 0 Å². The van der Waals surface area contributed by atoms with Crippen molar-refractivity contribution in [2.45, 2.75) is 25.3 Å². The van der Waals surface area contributed by atoms with E-state index in [9.17, 15) is 9.36 Å². The summed E-state index contributed by atoms with van der Waals surface area (Å²) < 4.78 is 11.3. The molecule has 1 rings (SSSR count). The Kier molecular flexibility index (Phi) is 2.94. The lowest BCUT2D eigenvalue weighted by molar-refractivity contribution is -0.119. The molecule has 1 atom stereocenters. The minimum absolute atomic E-state index is 0.141. The maximum absolute atomic E-state index is 11.3. The SMILES string of the molecule is CP(C)(=O)CCC1CCC(=O)N1. The molecule has 0 aromatic carbocycles. The first kappa shape index (κ1) is 9.79. The third-order valence-electron chi connectivity index (χ3n) is 2.10. The zero-order chi connectivity index (χ0) is 9.19. The Bertz CT molecular complexity index is 221. The predicted molar refractivity (Wildman–Crippen MR) is 50.1 cm³/mol. The molecule has 1 heterocycles. The van der Waals surface area contributed by atoms with Gasteiger partial charge < -0.3 is 9.88 Å². The molecule has 4 heteroatoms. The van der Waals surface area contributed by atoms with Crippen LogP contribution in [-0.4, -0.2) is 31.4 Å². The van der Waals surface area contributed by atoms with Crippen LogP contribution in [0.3, 0.4) is 0 Å². The average molecular weight is 189 g/mol. The Hall–Kier alpha value is -0.300. The molecule has 0 aromatic rings. The van der Waals surface area contributed by atoms with Gasteiger partial charge in [0.15, 0.2) is 0 Å². The molecule has 1 saturated heterocycles. The molecule has 12 heavy (non-hydrogen) atoms. The molecule has 70 valence electrons. The average Bonchev–Trinajstić information content (AvgIpc) is 2.30. The van der Waals surface area contributed by atoms with Gasteiger partial charge in [-0.05, 0) is 26.2 Å². The van der Waals surface area contributed by atoms with Gasteiger partial charge in [-0.3, -0.25) is 4.79 Å². The van der Waals surface area contributed by atoms with Crippen molar-refractivity contribution in [1.29, 1.82) is 0 Å². The lowest BCUT2D eigenvalue weighted by Gasteiger charge is -2.11. The van der Waals surface area contributed by atoms with E-state index in [1.807, 2.05) is 0 Å². The molecule has 0 radical (unpaired) electrons. The molecule has 1 fully saturated rings. The first-order valence-electron chi connectivity index (χ1n) is 4.31. The largest absolute Gasteiger partial charge is 0.353 e. The number of hydrogen-bond acceptors (Lipinski definition) is 2. The van der Waals surface area contributed by atoms with Crippen LogP contribution in [-0.2, 0) is 9.36 Å². The van der Waals surface area contributed by atoms with Gasteiger partial charge in [0.2, 0.25) is 5.91 Å². The van der Waals surface area contributed by atoms with Crippen molar-refractivity contribution in [3.05, 3.63) is 0 Å². The Morgan fingerprint density at radius 2 is 2.25 bits per heavy atom. The zero-order valence-corrected chi connectivity index (χ0v) is 8.56. The highest BCUT2D eigenvalue weighted by Crippen LogP contribution is 2.37. The number of amides is 1. The summed E-state index contributed by atoms with van der Waals surface area (Å²) in [4.78, 5) is 10.8. The highest BCUT2D eigenvalue weighted by Gasteiger charge is 2.21. The quantitative estimate of drug-likeness (QED) is 0.680. The monoisotopic (exact) mass is 189 g/mol. The minimum atomic E-state index is -1.89. The fourth-order valence-corrected chi connectivity index (χ4v) is 2.29. The Labute approximate surface area is 73.3 Å². The van der Waals surface area contributed by atoms with Crippen LogP contribution >= 0.6 is 7.14 Å². The smallest absolute Gasteiger partial charge is 0.220 e. The molecule has 1 N–H and O–H groups in total. The van der Waals surface area contributed by atoms with Crippen molar-refractivity contribution in [3.8, 4) is 0 Å². The number of rotatable bonds is 3. The van der Waals surface area contributed by atoms with Crippen molar-refractivity contribution < 1.29 is 9.36 Å². The van der Waals surface area contributed by atoms with Gasteiger partial charge in [-0.1, -0.05) is 0 Å². The number of hydrogen-bond donors (Lipinski definition) is 1. The van der Waals surface area contributed by atoms with E-state index in [0.717, 1.165) is 19.0 Å². The van der Waals surface area contributed by atoms with E-state index in [1.54, 1.807) is 13.3 Å². The molecule has 0 aromatic heterocycles. The van der Waals surface area contributed by atoms with Gasteiger partial charge in [0.05, 0.1) is 7.14 Å². The molecule has 0 spiro atoms. The van der Waals surface area contributed by atoms with Gasteiger partial charge in [-0.2, -0.15) is 0 Å². The van der Waals surface area contributed by atoms with Gasteiger partial charge in [0, 0.05) is 18.6 Å². The predicted octanol–water partition coefficient (Wildman–Crippen LogP) is 1.28. The van der Waals surface area contributed by atoms with Crippen LogP contribution in [0.4, 0.5) is 0 Å². The van der Waals surface area contributed by atoms with Crippen LogP contribution in [0.25, 0.3) is 0 Å². The summed E-state index contributed by atoms with van der Waals surface area (Å²) >= 11 is 0. The van der Waals surface area contributed by atoms with Crippen LogP contribution in [0.2, 0.25) is 0 Å². The fraction of sp³-hybridized carbons (Fsp3) is 0.875. The van der Waals surface area contributed by atoms with E-state index in [0.29, 0.717) is 6.42 Å². The van der Waals surface area contributed by atoms with E-state index in [2.05, 4.69) is 5.32 Å². The van der Waals surface area contributed by atoms with E-state index < -0.39 is 7.14 Å². The molecule has 1 aliphatic rings. The van der Waals surface area contributed by atoms with Crippen LogP contribution < -0.4 is 5.32 Å². The van der Waals surface area contributed by atoms with Gasteiger partial charge in [0.25, 0.3) is 0 Å². The lowest BCUT2D eigenvalue weighted by Crippen LogP contribution is -2.25. The summed E-state index contributed by atoms with van der Waals surface area (Å²) in [5, 5.41) is 2.87. The third kappa shape index (κ3) is 3.40. The highest BCUT2D eigenvalue weighted by atomic mass is 31.2. The van der Waals surface area contributed by atoms with Crippen molar-refractivity contribution in [3.63, 3.8) is 0 Å². The summed E-state index contributed by atoms with van der Waals surface area (Å²) in [6, 6.07) is 0.283. The van der Waals surface area contributed by atoms with E-state index in [4.69, 9.17) is 0 Å². The standard InChI is InChI=1S/C8H16NO2P/c1-12(2,11)6-5-7-3-4-8(10)9-7/h7H,3-6H2,1-2H3,(H,9,10). The molecular weight excluding hydrogens is 173 g/mol. The second kappa shape index (κ2) is 3.61. The lowest BCUT2D eigenvalue weighted by atomic mass is 10.2. The maximum Gasteiger partial charge on any atom is 0.220 e. The van der Waals surface area contributed by atoms with Crippen molar-refractivity contribution >= 4 is 13.0 Å². The number of nitrogens with one attached hydrogen (secondary N) is 1. The van der Waals surface area contributed by atoms with Crippen molar-refractivity contribution in [1.82, 2.24) is 5.32 Å². The first-order chi connectivity index (χ1) is 5.47. The number of carbonyl (C=O) groups excluding carboxylic acids is 1. The van der Waals surface area contributed by atoms with Crippen molar-refractivity contribution in [2.75, 3.05) is 19.5 Å². The Morgan fingerprint density at radius 1 is 1.58 bits per heavy atom. The Balaban J connectivity index is 2.25. The fourth-order valence-electron chi connectivity index (χ4n) is 1.36. The van der Waals surface area contributed by atoms with Crippen LogP contribution in [0, 0.1) is 0 Å². The van der Waals surface area contributed by atoms with E-state index >= 15 is 0 Å². The zero-order valence-electron chi connectivity index (χ0n) is 7.67. The van der Waals surface area contributed by atoms with Crippen LogP contribution in [0.15, 0.2) is 0 Å². The van der Waals surface area contributed by atoms with Crippen LogP contribution in [0.1, 0.15) is 19.3 Å². The van der Waals surface area contributed by atoms with E-state index in [1.165, 1.54) is 0 Å². The van der Waals surface area contributed by atoms with E-state index in [-0.39, 0.29) is 11.9 Å². The second-order valence-electron chi connectivity index (χ2n) is 3.89. The normalized spacial score (nSPS) is 24.2. The Morgan fingerprint density at radius 3 is 2.67 bits per heavy atom. The molecule has 1 aliphatic heterocycles. The van der Waals surface area contributed by atoms with Gasteiger partial charge >= 0.3 is 0 Å². The summed E-state index contributed by atoms with van der Waals surface area (Å²) in [5.74, 6) is 0.141. The minimum Gasteiger partial charge on any atom is -0.353 e. The summed E-state index contributed by atoms with van der Waals surface area (Å²) in [6.07, 6.45) is 3.18. The van der Waals surface area contributed by atoms with Gasteiger partial charge in [0.1, 0.15) is 0 Å². The first-order valence-corrected chi connectivity index (χ1v) is 7.09. The third-order valence-corrected chi connectivity index (χ3v) is 3.44. The van der Waals surface area contributed by atoms with Crippen LogP contribution in [0.5, 0.6) is 0 Å². The van der Waals surface area contributed by atoms with Crippen molar-refractivity contribution in [2.24, 2.45) is 0 Å². The molecule has 1 amide bonds. The molecular formula is C8H16NO2P. The summed E-state index contributed by atoms with van der Waals surface area (Å²) in [7, 11) is -1.89. The maximum atomic E-state index is 11.3. The topological polar surface area (TPSA) is 46.2 Å². The molecule has 0 saturated carbocycles. The highest BCUT2D eigenvalue weighted by molar-refractivity contribution is 7.62. The summed E-state index contributed by atoms with van der Waals surface area (Å²) in [6.45, 7) is 3.59. The molecule has 0 bridgehead atoms. The molecule has 3 nitrogen and oxygen atoms in total. The summed E-state index contributed by atoms with van der Waals surface area (Å²) in [5.41, 5.74) is 0.